The molecular formula is C15H13FINO2. The average molecular weight is 385 g/mol. The van der Waals surface area contributed by atoms with Crippen LogP contribution in [-0.2, 0) is 4.79 Å². The molecule has 0 aliphatic carbocycles. The summed E-state index contributed by atoms with van der Waals surface area (Å²) in [7, 11) is 0. The minimum Gasteiger partial charge on any atom is -0.481 e. The van der Waals surface area contributed by atoms with Crippen LogP contribution in [0.5, 0.6) is 5.75 Å². The lowest BCUT2D eigenvalue weighted by Gasteiger charge is -2.14. The highest BCUT2D eigenvalue weighted by Gasteiger charge is 2.14. The van der Waals surface area contributed by atoms with Gasteiger partial charge >= 0.3 is 0 Å². The van der Waals surface area contributed by atoms with E-state index in [1.165, 1.54) is 24.3 Å². The highest BCUT2D eigenvalue weighted by molar-refractivity contribution is 14.1. The Morgan fingerprint density at radius 1 is 1.15 bits per heavy atom. The van der Waals surface area contributed by atoms with E-state index >= 15 is 0 Å². The monoisotopic (exact) mass is 385 g/mol. The second-order valence-corrected chi connectivity index (χ2v) is 5.46. The van der Waals surface area contributed by atoms with Crippen molar-refractivity contribution in [2.45, 2.75) is 13.0 Å². The van der Waals surface area contributed by atoms with E-state index in [0.29, 0.717) is 11.4 Å². The topological polar surface area (TPSA) is 38.3 Å². The molecule has 5 heteroatoms. The van der Waals surface area contributed by atoms with Crippen LogP contribution in [0.3, 0.4) is 0 Å². The van der Waals surface area contributed by atoms with Crippen molar-refractivity contribution in [1.82, 2.24) is 0 Å². The van der Waals surface area contributed by atoms with Crippen LogP contribution in [0.25, 0.3) is 0 Å². The van der Waals surface area contributed by atoms with Crippen LogP contribution >= 0.6 is 22.6 Å². The molecule has 0 heterocycles. The second-order valence-electron chi connectivity index (χ2n) is 4.21. The summed E-state index contributed by atoms with van der Waals surface area (Å²) in [6.45, 7) is 1.64. The van der Waals surface area contributed by atoms with E-state index in [-0.39, 0.29) is 11.7 Å². The van der Waals surface area contributed by atoms with Crippen molar-refractivity contribution in [1.29, 1.82) is 0 Å². The molecule has 0 fully saturated rings. The number of carbonyl (C=O) groups excluding carboxylic acids is 1. The molecule has 0 aromatic heterocycles. The number of hydrogen-bond acceptors (Lipinski definition) is 2. The molecule has 1 atom stereocenters. The molecule has 2 aromatic carbocycles. The van der Waals surface area contributed by atoms with E-state index in [2.05, 4.69) is 27.9 Å². The van der Waals surface area contributed by atoms with Gasteiger partial charge in [-0.1, -0.05) is 0 Å². The van der Waals surface area contributed by atoms with Gasteiger partial charge < -0.3 is 10.1 Å². The molecule has 0 spiro atoms. The molecule has 0 aliphatic rings. The number of amides is 1. The van der Waals surface area contributed by atoms with Crippen molar-refractivity contribution in [2.24, 2.45) is 0 Å². The lowest BCUT2D eigenvalue weighted by molar-refractivity contribution is -0.122. The molecule has 20 heavy (non-hydrogen) atoms. The van der Waals surface area contributed by atoms with Crippen molar-refractivity contribution < 1.29 is 13.9 Å². The maximum absolute atomic E-state index is 12.8. The number of carbonyl (C=O) groups is 1. The van der Waals surface area contributed by atoms with Crippen molar-refractivity contribution in [3.63, 3.8) is 0 Å². The van der Waals surface area contributed by atoms with E-state index in [1.54, 1.807) is 6.92 Å². The number of benzene rings is 2. The summed E-state index contributed by atoms with van der Waals surface area (Å²) in [6, 6.07) is 13.0. The summed E-state index contributed by atoms with van der Waals surface area (Å²) in [5.41, 5.74) is 0.713. The fraction of sp³-hybridized carbons (Fsp3) is 0.133. The van der Waals surface area contributed by atoms with Gasteiger partial charge in [0.2, 0.25) is 0 Å². The van der Waals surface area contributed by atoms with Gasteiger partial charge in [0.25, 0.3) is 5.91 Å². The number of ether oxygens (including phenoxy) is 1. The van der Waals surface area contributed by atoms with Crippen molar-refractivity contribution in [3.8, 4) is 5.75 Å². The summed E-state index contributed by atoms with van der Waals surface area (Å²) < 4.78 is 19.3. The molecular weight excluding hydrogens is 372 g/mol. The Morgan fingerprint density at radius 3 is 2.35 bits per heavy atom. The highest BCUT2D eigenvalue weighted by atomic mass is 127. The fourth-order valence-electron chi connectivity index (χ4n) is 1.55. The van der Waals surface area contributed by atoms with Gasteiger partial charge in [-0.2, -0.15) is 0 Å². The predicted octanol–water partition coefficient (Wildman–Crippen LogP) is 3.84. The molecule has 1 amide bonds. The van der Waals surface area contributed by atoms with Gasteiger partial charge in [0.15, 0.2) is 6.10 Å². The number of anilines is 1. The Hall–Kier alpha value is -1.63. The maximum atomic E-state index is 12.8. The quantitative estimate of drug-likeness (QED) is 0.813. The van der Waals surface area contributed by atoms with E-state index in [0.717, 1.165) is 3.57 Å². The molecule has 1 N–H and O–H groups in total. The average Bonchev–Trinajstić information content (AvgIpc) is 2.44. The van der Waals surface area contributed by atoms with Gasteiger partial charge in [0.1, 0.15) is 11.6 Å². The molecule has 0 unspecified atom stereocenters. The lowest BCUT2D eigenvalue weighted by atomic mass is 10.3. The first-order chi connectivity index (χ1) is 9.54. The van der Waals surface area contributed by atoms with Crippen LogP contribution in [0.4, 0.5) is 10.1 Å². The molecule has 2 rings (SSSR count). The van der Waals surface area contributed by atoms with E-state index in [4.69, 9.17) is 4.74 Å². The van der Waals surface area contributed by atoms with Crippen LogP contribution in [0.2, 0.25) is 0 Å². The zero-order valence-electron chi connectivity index (χ0n) is 10.8. The molecule has 0 saturated carbocycles. The van der Waals surface area contributed by atoms with Crippen LogP contribution in [0, 0.1) is 9.39 Å². The Labute approximate surface area is 130 Å². The van der Waals surface area contributed by atoms with Gasteiger partial charge in [-0.15, -0.1) is 0 Å². The minimum absolute atomic E-state index is 0.254. The summed E-state index contributed by atoms with van der Waals surface area (Å²) in [4.78, 5) is 12.0. The minimum atomic E-state index is -0.667. The van der Waals surface area contributed by atoms with Gasteiger partial charge in [0.05, 0.1) is 0 Å². The van der Waals surface area contributed by atoms with Crippen molar-refractivity contribution >= 4 is 34.2 Å². The van der Waals surface area contributed by atoms with E-state index in [1.807, 2.05) is 24.3 Å². The Bertz CT molecular complexity index is 584. The molecule has 0 saturated heterocycles. The van der Waals surface area contributed by atoms with Crippen LogP contribution in [0.15, 0.2) is 48.5 Å². The first kappa shape index (κ1) is 14.8. The van der Waals surface area contributed by atoms with Crippen LogP contribution in [0.1, 0.15) is 6.92 Å². The van der Waals surface area contributed by atoms with E-state index < -0.39 is 6.10 Å². The number of rotatable bonds is 4. The van der Waals surface area contributed by atoms with Gasteiger partial charge in [-0.25, -0.2) is 4.39 Å². The smallest absolute Gasteiger partial charge is 0.265 e. The SMILES string of the molecule is C[C@@H](Oc1ccc(F)cc1)C(=O)Nc1ccc(I)cc1. The number of halogens is 2. The molecule has 3 nitrogen and oxygen atoms in total. The Kier molecular flexibility index (Phi) is 4.94. The largest absolute Gasteiger partial charge is 0.481 e. The van der Waals surface area contributed by atoms with Gasteiger partial charge in [0, 0.05) is 9.26 Å². The first-order valence-electron chi connectivity index (χ1n) is 6.03. The third-order valence-corrected chi connectivity index (χ3v) is 3.33. The van der Waals surface area contributed by atoms with Gasteiger partial charge in [-0.05, 0) is 78.0 Å². The number of nitrogens with one attached hydrogen (secondary N) is 1. The second kappa shape index (κ2) is 6.69. The van der Waals surface area contributed by atoms with Crippen LogP contribution < -0.4 is 10.1 Å². The van der Waals surface area contributed by atoms with E-state index in [9.17, 15) is 9.18 Å². The normalized spacial score (nSPS) is 11.8. The van der Waals surface area contributed by atoms with Gasteiger partial charge in [-0.3, -0.25) is 4.79 Å². The van der Waals surface area contributed by atoms with Crippen molar-refractivity contribution in [2.75, 3.05) is 5.32 Å². The highest BCUT2D eigenvalue weighted by Crippen LogP contribution is 2.15. The molecule has 0 aliphatic heterocycles. The summed E-state index contributed by atoms with van der Waals surface area (Å²) >= 11 is 2.19. The molecule has 2 aromatic rings. The molecule has 104 valence electrons. The first-order valence-corrected chi connectivity index (χ1v) is 7.11. The third kappa shape index (κ3) is 4.19. The Balaban J connectivity index is 1.94. The van der Waals surface area contributed by atoms with Crippen molar-refractivity contribution in [3.05, 3.63) is 57.9 Å². The predicted molar refractivity (Wildman–Crippen MR) is 84.3 cm³/mol. The lowest BCUT2D eigenvalue weighted by Crippen LogP contribution is -2.30. The zero-order chi connectivity index (χ0) is 14.5. The fourth-order valence-corrected chi connectivity index (χ4v) is 1.91. The summed E-state index contributed by atoms with van der Waals surface area (Å²) in [5, 5.41) is 2.76. The van der Waals surface area contributed by atoms with Crippen LogP contribution in [-0.4, -0.2) is 12.0 Å². The summed E-state index contributed by atoms with van der Waals surface area (Å²) in [5.74, 6) is -0.138. The summed E-state index contributed by atoms with van der Waals surface area (Å²) in [6.07, 6.45) is -0.667. The maximum Gasteiger partial charge on any atom is 0.265 e. The molecule has 0 radical (unpaired) electrons. The Morgan fingerprint density at radius 2 is 1.75 bits per heavy atom. The standard InChI is InChI=1S/C15H13FINO2/c1-10(20-14-8-2-11(16)3-9-14)15(19)18-13-6-4-12(17)5-7-13/h2-10H,1H3,(H,18,19)/t10-/m1/s1. The number of hydrogen-bond donors (Lipinski definition) is 1. The third-order valence-electron chi connectivity index (χ3n) is 2.61. The zero-order valence-corrected chi connectivity index (χ0v) is 12.9. The molecule has 0 bridgehead atoms.